The minimum atomic E-state index is -0.508. The fourth-order valence-corrected chi connectivity index (χ4v) is 1.28. The Morgan fingerprint density at radius 3 is 2.62 bits per heavy atom. The molecule has 0 unspecified atom stereocenters. The van der Waals surface area contributed by atoms with Gasteiger partial charge in [-0.05, 0) is 12.0 Å². The highest BCUT2D eigenvalue weighted by molar-refractivity contribution is 5.13. The van der Waals surface area contributed by atoms with Crippen LogP contribution in [0.5, 0.6) is 0 Å². The largest absolute Gasteiger partial charge is 0.392 e. The summed E-state index contributed by atoms with van der Waals surface area (Å²) >= 11 is 0. The predicted molar refractivity (Wildman–Crippen MR) is 62.9 cm³/mol. The molecule has 3 nitrogen and oxygen atoms in total. The molecule has 0 saturated carbocycles. The number of hydrogen-bond acceptors (Lipinski definition) is 3. The van der Waals surface area contributed by atoms with Crippen molar-refractivity contribution in [2.24, 2.45) is 0 Å². The molecule has 0 aliphatic heterocycles. The minimum Gasteiger partial charge on any atom is -0.392 e. The predicted octanol–water partition coefficient (Wildman–Crippen LogP) is 1.50. The fraction of sp³-hybridized carbons (Fsp3) is 0.385. The topological polar surface area (TPSA) is 49.7 Å². The van der Waals surface area contributed by atoms with Crippen LogP contribution in [0.15, 0.2) is 42.5 Å². The summed E-state index contributed by atoms with van der Waals surface area (Å²) < 4.78 is 5.37. The number of aliphatic hydroxyl groups excluding tert-OH is 2. The van der Waals surface area contributed by atoms with Crippen LogP contribution >= 0.6 is 0 Å². The molecule has 16 heavy (non-hydrogen) atoms. The van der Waals surface area contributed by atoms with Crippen molar-refractivity contribution in [1.82, 2.24) is 0 Å². The first-order valence-corrected chi connectivity index (χ1v) is 5.38. The summed E-state index contributed by atoms with van der Waals surface area (Å²) in [6, 6.07) is 9.84. The molecule has 2 N–H and O–H groups in total. The van der Waals surface area contributed by atoms with E-state index in [1.807, 2.05) is 30.3 Å². The average Bonchev–Trinajstić information content (AvgIpc) is 2.31. The quantitative estimate of drug-likeness (QED) is 0.687. The molecule has 1 rings (SSSR count). The summed E-state index contributed by atoms with van der Waals surface area (Å²) in [5, 5.41) is 18.0. The van der Waals surface area contributed by atoms with E-state index in [0.29, 0.717) is 19.6 Å². The Hall–Kier alpha value is -1.16. The van der Waals surface area contributed by atoms with Crippen molar-refractivity contribution in [3.8, 4) is 0 Å². The van der Waals surface area contributed by atoms with Gasteiger partial charge in [-0.1, -0.05) is 42.5 Å². The second-order valence-electron chi connectivity index (χ2n) is 3.54. The Morgan fingerprint density at radius 1 is 1.19 bits per heavy atom. The third-order valence-electron chi connectivity index (χ3n) is 2.10. The van der Waals surface area contributed by atoms with E-state index < -0.39 is 6.10 Å². The Labute approximate surface area is 96.0 Å². The van der Waals surface area contributed by atoms with Crippen LogP contribution in [0.25, 0.3) is 0 Å². The van der Waals surface area contributed by atoms with Crippen molar-refractivity contribution >= 4 is 0 Å². The molecule has 0 bridgehead atoms. The van der Waals surface area contributed by atoms with Gasteiger partial charge < -0.3 is 14.9 Å². The fourth-order valence-electron chi connectivity index (χ4n) is 1.28. The van der Waals surface area contributed by atoms with Crippen LogP contribution in [0, 0.1) is 0 Å². The zero-order valence-corrected chi connectivity index (χ0v) is 9.25. The van der Waals surface area contributed by atoms with Gasteiger partial charge in [0.15, 0.2) is 0 Å². The average molecular weight is 222 g/mol. The van der Waals surface area contributed by atoms with Gasteiger partial charge in [0.2, 0.25) is 0 Å². The molecule has 0 aliphatic carbocycles. The Kier molecular flexibility index (Phi) is 6.49. The van der Waals surface area contributed by atoms with Gasteiger partial charge >= 0.3 is 0 Å². The zero-order chi connectivity index (χ0) is 11.6. The Morgan fingerprint density at radius 2 is 1.94 bits per heavy atom. The summed E-state index contributed by atoms with van der Waals surface area (Å²) in [7, 11) is 0. The molecule has 1 aromatic carbocycles. The van der Waals surface area contributed by atoms with Gasteiger partial charge in [0, 0.05) is 0 Å². The number of rotatable bonds is 7. The number of aliphatic hydroxyl groups is 2. The lowest BCUT2D eigenvalue weighted by molar-refractivity contribution is 0.0300. The van der Waals surface area contributed by atoms with Gasteiger partial charge in [-0.25, -0.2) is 0 Å². The summed E-state index contributed by atoms with van der Waals surface area (Å²) in [4.78, 5) is 0. The molecular weight excluding hydrogens is 204 g/mol. The van der Waals surface area contributed by atoms with E-state index in [0.717, 1.165) is 5.56 Å². The SMILES string of the molecule is OC/C=C/C[C@H](O)COCc1ccccc1. The van der Waals surface area contributed by atoms with Crippen LogP contribution in [0.1, 0.15) is 12.0 Å². The number of ether oxygens (including phenoxy) is 1. The number of benzene rings is 1. The standard InChI is InChI=1S/C13H18O3/c14-9-5-4-8-13(15)11-16-10-12-6-2-1-3-7-12/h1-7,13-15H,8-11H2/b5-4+/t13-/m0/s1. The molecule has 0 aliphatic rings. The van der Waals surface area contributed by atoms with Gasteiger partial charge in [-0.15, -0.1) is 0 Å². The van der Waals surface area contributed by atoms with Gasteiger partial charge in [0.1, 0.15) is 0 Å². The summed E-state index contributed by atoms with van der Waals surface area (Å²) in [5.41, 5.74) is 1.10. The van der Waals surface area contributed by atoms with Gasteiger partial charge in [0.25, 0.3) is 0 Å². The van der Waals surface area contributed by atoms with E-state index in [1.165, 1.54) is 0 Å². The maximum Gasteiger partial charge on any atom is 0.0808 e. The molecule has 0 heterocycles. The van der Waals surface area contributed by atoms with Crippen molar-refractivity contribution in [2.45, 2.75) is 19.1 Å². The molecule has 3 heteroatoms. The van der Waals surface area contributed by atoms with Gasteiger partial charge in [0.05, 0.1) is 25.9 Å². The lowest BCUT2D eigenvalue weighted by Gasteiger charge is -2.09. The second-order valence-corrected chi connectivity index (χ2v) is 3.54. The van der Waals surface area contributed by atoms with Gasteiger partial charge in [-0.2, -0.15) is 0 Å². The normalized spacial score (nSPS) is 13.1. The van der Waals surface area contributed by atoms with E-state index in [2.05, 4.69) is 0 Å². The van der Waals surface area contributed by atoms with Crippen LogP contribution in [-0.2, 0) is 11.3 Å². The van der Waals surface area contributed by atoms with E-state index in [-0.39, 0.29) is 6.61 Å². The van der Waals surface area contributed by atoms with Crippen LogP contribution in [0.3, 0.4) is 0 Å². The van der Waals surface area contributed by atoms with Crippen LogP contribution in [0.2, 0.25) is 0 Å². The first-order chi connectivity index (χ1) is 7.83. The van der Waals surface area contributed by atoms with Crippen molar-refractivity contribution in [1.29, 1.82) is 0 Å². The molecule has 0 saturated heterocycles. The second kappa shape index (κ2) is 8.05. The molecule has 88 valence electrons. The monoisotopic (exact) mass is 222 g/mol. The third kappa shape index (κ3) is 5.66. The summed E-state index contributed by atoms with van der Waals surface area (Å²) in [5.74, 6) is 0. The lowest BCUT2D eigenvalue weighted by Crippen LogP contribution is -2.14. The Balaban J connectivity index is 2.13. The van der Waals surface area contributed by atoms with Crippen LogP contribution in [-0.4, -0.2) is 29.5 Å². The van der Waals surface area contributed by atoms with E-state index in [4.69, 9.17) is 9.84 Å². The first-order valence-electron chi connectivity index (χ1n) is 5.38. The van der Waals surface area contributed by atoms with Crippen LogP contribution in [0.4, 0.5) is 0 Å². The van der Waals surface area contributed by atoms with E-state index >= 15 is 0 Å². The Bertz CT molecular complexity index is 295. The van der Waals surface area contributed by atoms with Crippen LogP contribution < -0.4 is 0 Å². The molecule has 0 spiro atoms. The molecule has 0 aromatic heterocycles. The first kappa shape index (κ1) is 12.9. The molecule has 1 aromatic rings. The lowest BCUT2D eigenvalue weighted by atomic mass is 10.2. The molecule has 1 atom stereocenters. The maximum atomic E-state index is 9.50. The number of hydrogen-bond donors (Lipinski definition) is 2. The summed E-state index contributed by atoms with van der Waals surface area (Å²) in [6.45, 7) is 0.837. The molecule has 0 fully saturated rings. The van der Waals surface area contributed by atoms with Crippen molar-refractivity contribution in [3.63, 3.8) is 0 Å². The summed E-state index contributed by atoms with van der Waals surface area (Å²) in [6.07, 6.45) is 3.36. The molecule has 0 radical (unpaired) electrons. The molecular formula is C13H18O3. The smallest absolute Gasteiger partial charge is 0.0808 e. The molecule has 0 amide bonds. The van der Waals surface area contributed by atoms with E-state index in [1.54, 1.807) is 12.2 Å². The van der Waals surface area contributed by atoms with Crippen molar-refractivity contribution in [3.05, 3.63) is 48.0 Å². The highest BCUT2D eigenvalue weighted by Crippen LogP contribution is 2.02. The van der Waals surface area contributed by atoms with Gasteiger partial charge in [-0.3, -0.25) is 0 Å². The third-order valence-corrected chi connectivity index (χ3v) is 2.10. The zero-order valence-electron chi connectivity index (χ0n) is 9.25. The maximum absolute atomic E-state index is 9.50. The van der Waals surface area contributed by atoms with E-state index in [9.17, 15) is 5.11 Å². The van der Waals surface area contributed by atoms with Crippen molar-refractivity contribution in [2.75, 3.05) is 13.2 Å². The van der Waals surface area contributed by atoms with Crippen molar-refractivity contribution < 1.29 is 14.9 Å². The highest BCUT2D eigenvalue weighted by Gasteiger charge is 2.01. The minimum absolute atomic E-state index is 0.0115. The highest BCUT2D eigenvalue weighted by atomic mass is 16.5.